The van der Waals surface area contributed by atoms with E-state index in [-0.39, 0.29) is 11.9 Å². The highest BCUT2D eigenvalue weighted by molar-refractivity contribution is 5.72. The SMILES string of the molecule is C=CC[N+]1(CC=C)CCC(C(=O)OC)CC1. The molecule has 0 amide bonds. The molecule has 0 aliphatic carbocycles. The maximum atomic E-state index is 11.4. The smallest absolute Gasteiger partial charge is 0.309 e. The first-order valence-corrected chi connectivity index (χ1v) is 5.82. The first-order valence-electron chi connectivity index (χ1n) is 5.82. The van der Waals surface area contributed by atoms with Gasteiger partial charge in [-0.15, -0.1) is 0 Å². The number of carbonyl (C=O) groups is 1. The van der Waals surface area contributed by atoms with Crippen LogP contribution in [0.25, 0.3) is 0 Å². The van der Waals surface area contributed by atoms with Crippen molar-refractivity contribution in [3.8, 4) is 0 Å². The maximum Gasteiger partial charge on any atom is 0.309 e. The van der Waals surface area contributed by atoms with Crippen LogP contribution in [-0.4, -0.2) is 43.7 Å². The van der Waals surface area contributed by atoms with E-state index in [2.05, 4.69) is 13.2 Å². The Labute approximate surface area is 98.0 Å². The molecule has 1 rings (SSSR count). The van der Waals surface area contributed by atoms with E-state index in [1.807, 2.05) is 12.2 Å². The average Bonchev–Trinajstić information content (AvgIpc) is 2.30. The molecule has 0 spiro atoms. The van der Waals surface area contributed by atoms with Crippen LogP contribution in [0.5, 0.6) is 0 Å². The Bertz CT molecular complexity index is 253. The molecule has 1 fully saturated rings. The summed E-state index contributed by atoms with van der Waals surface area (Å²) in [6, 6.07) is 0. The number of piperidine rings is 1. The predicted octanol–water partition coefficient (Wildman–Crippen LogP) is 1.76. The molecular formula is C13H22NO2+. The highest BCUT2D eigenvalue weighted by Gasteiger charge is 2.35. The van der Waals surface area contributed by atoms with Crippen LogP contribution in [-0.2, 0) is 9.53 Å². The van der Waals surface area contributed by atoms with E-state index >= 15 is 0 Å². The van der Waals surface area contributed by atoms with Gasteiger partial charge in [-0.1, -0.05) is 13.2 Å². The highest BCUT2D eigenvalue weighted by atomic mass is 16.5. The van der Waals surface area contributed by atoms with E-state index in [0.29, 0.717) is 0 Å². The zero-order chi connectivity index (χ0) is 12.0. The standard InChI is InChI=1S/C13H22NO2/c1-4-8-14(9-5-2)10-6-12(7-11-14)13(15)16-3/h4-5,12H,1-2,6-11H2,3H3/q+1. The summed E-state index contributed by atoms with van der Waals surface area (Å²) in [6.45, 7) is 11.6. The van der Waals surface area contributed by atoms with Crippen molar-refractivity contribution in [3.63, 3.8) is 0 Å². The average molecular weight is 224 g/mol. The lowest BCUT2D eigenvalue weighted by atomic mass is 9.94. The number of hydrogen-bond donors (Lipinski definition) is 0. The molecule has 0 aromatic rings. The van der Waals surface area contributed by atoms with Gasteiger partial charge >= 0.3 is 5.97 Å². The van der Waals surface area contributed by atoms with E-state index in [1.165, 1.54) is 7.11 Å². The number of carbonyl (C=O) groups excluding carboxylic acids is 1. The minimum absolute atomic E-state index is 0.0602. The fourth-order valence-corrected chi connectivity index (χ4v) is 2.51. The van der Waals surface area contributed by atoms with E-state index < -0.39 is 0 Å². The maximum absolute atomic E-state index is 11.4. The van der Waals surface area contributed by atoms with Gasteiger partial charge in [0.25, 0.3) is 0 Å². The van der Waals surface area contributed by atoms with Crippen molar-refractivity contribution in [1.82, 2.24) is 0 Å². The summed E-state index contributed by atoms with van der Waals surface area (Å²) >= 11 is 0. The summed E-state index contributed by atoms with van der Waals surface area (Å²) in [7, 11) is 1.46. The van der Waals surface area contributed by atoms with Crippen molar-refractivity contribution >= 4 is 5.97 Å². The largest absolute Gasteiger partial charge is 0.469 e. The summed E-state index contributed by atoms with van der Waals surface area (Å²) in [4.78, 5) is 11.4. The molecule has 16 heavy (non-hydrogen) atoms. The summed E-state index contributed by atoms with van der Waals surface area (Å²) < 4.78 is 5.78. The van der Waals surface area contributed by atoms with Crippen molar-refractivity contribution in [2.45, 2.75) is 12.8 Å². The number of methoxy groups -OCH3 is 1. The second-order valence-corrected chi connectivity index (χ2v) is 4.53. The lowest BCUT2D eigenvalue weighted by Gasteiger charge is -2.41. The van der Waals surface area contributed by atoms with Gasteiger partial charge in [-0.25, -0.2) is 0 Å². The molecule has 0 saturated carbocycles. The lowest BCUT2D eigenvalue weighted by molar-refractivity contribution is -0.922. The van der Waals surface area contributed by atoms with Crippen LogP contribution < -0.4 is 0 Å². The van der Waals surface area contributed by atoms with Crippen molar-refractivity contribution in [3.05, 3.63) is 25.3 Å². The Morgan fingerprint density at radius 2 is 1.81 bits per heavy atom. The van der Waals surface area contributed by atoms with Gasteiger partial charge in [-0.05, 0) is 12.2 Å². The molecule has 0 radical (unpaired) electrons. The van der Waals surface area contributed by atoms with E-state index in [1.54, 1.807) is 0 Å². The third kappa shape index (κ3) is 2.95. The fourth-order valence-electron chi connectivity index (χ4n) is 2.51. The van der Waals surface area contributed by atoms with Gasteiger partial charge in [-0.3, -0.25) is 4.79 Å². The molecule has 90 valence electrons. The number of likely N-dealkylation sites (tertiary alicyclic amines) is 1. The van der Waals surface area contributed by atoms with E-state index in [0.717, 1.165) is 43.5 Å². The molecular weight excluding hydrogens is 202 g/mol. The number of ether oxygens (including phenoxy) is 1. The Morgan fingerprint density at radius 3 is 2.19 bits per heavy atom. The van der Waals surface area contributed by atoms with Crippen LogP contribution in [0.4, 0.5) is 0 Å². The van der Waals surface area contributed by atoms with Crippen LogP contribution in [0, 0.1) is 5.92 Å². The van der Waals surface area contributed by atoms with Gasteiger partial charge in [-0.2, -0.15) is 0 Å². The molecule has 0 unspecified atom stereocenters. The second kappa shape index (κ2) is 5.85. The van der Waals surface area contributed by atoms with Crippen molar-refractivity contribution < 1.29 is 14.0 Å². The Morgan fingerprint density at radius 1 is 1.31 bits per heavy atom. The summed E-state index contributed by atoms with van der Waals surface area (Å²) in [5.41, 5.74) is 0. The van der Waals surface area contributed by atoms with Crippen molar-refractivity contribution in [2.24, 2.45) is 5.92 Å². The van der Waals surface area contributed by atoms with Crippen LogP contribution in [0.2, 0.25) is 0 Å². The molecule has 0 bridgehead atoms. The minimum Gasteiger partial charge on any atom is -0.469 e. The van der Waals surface area contributed by atoms with Gasteiger partial charge < -0.3 is 9.22 Å². The number of hydrogen-bond acceptors (Lipinski definition) is 2. The second-order valence-electron chi connectivity index (χ2n) is 4.53. The number of esters is 1. The van der Waals surface area contributed by atoms with Gasteiger partial charge in [0.05, 0.1) is 39.2 Å². The Kier molecular flexibility index (Phi) is 4.74. The number of rotatable bonds is 5. The molecule has 1 aliphatic heterocycles. The fraction of sp³-hybridized carbons (Fsp3) is 0.615. The van der Waals surface area contributed by atoms with Crippen LogP contribution in [0.3, 0.4) is 0 Å². The molecule has 3 heteroatoms. The molecule has 0 aromatic carbocycles. The Balaban J connectivity index is 2.58. The minimum atomic E-state index is -0.0602. The summed E-state index contributed by atoms with van der Waals surface area (Å²) in [5, 5.41) is 0. The zero-order valence-electron chi connectivity index (χ0n) is 10.2. The van der Waals surface area contributed by atoms with Crippen molar-refractivity contribution in [2.75, 3.05) is 33.3 Å². The zero-order valence-corrected chi connectivity index (χ0v) is 10.2. The Hall–Kier alpha value is -1.09. The highest BCUT2D eigenvalue weighted by Crippen LogP contribution is 2.24. The molecule has 1 saturated heterocycles. The van der Waals surface area contributed by atoms with Gasteiger partial charge in [0, 0.05) is 12.8 Å². The van der Waals surface area contributed by atoms with E-state index in [4.69, 9.17) is 4.74 Å². The normalized spacial score (nSPS) is 20.1. The van der Waals surface area contributed by atoms with Gasteiger partial charge in [0.15, 0.2) is 0 Å². The number of quaternary nitrogens is 1. The quantitative estimate of drug-likeness (QED) is 0.404. The monoisotopic (exact) mass is 224 g/mol. The van der Waals surface area contributed by atoms with Gasteiger partial charge in [0.1, 0.15) is 0 Å². The third-order valence-corrected chi connectivity index (χ3v) is 3.47. The van der Waals surface area contributed by atoms with Crippen LogP contribution >= 0.6 is 0 Å². The molecule has 0 atom stereocenters. The molecule has 0 N–H and O–H groups in total. The first-order chi connectivity index (χ1) is 7.67. The summed E-state index contributed by atoms with van der Waals surface area (Å²) in [6.07, 6.45) is 5.74. The van der Waals surface area contributed by atoms with Gasteiger partial charge in [0.2, 0.25) is 0 Å². The van der Waals surface area contributed by atoms with Crippen LogP contribution in [0.15, 0.2) is 25.3 Å². The van der Waals surface area contributed by atoms with Crippen molar-refractivity contribution in [1.29, 1.82) is 0 Å². The number of nitrogens with zero attached hydrogens (tertiary/aromatic N) is 1. The molecule has 1 heterocycles. The third-order valence-electron chi connectivity index (χ3n) is 3.47. The molecule has 3 nitrogen and oxygen atoms in total. The summed E-state index contributed by atoms with van der Waals surface area (Å²) in [5.74, 6) is 0.0286. The van der Waals surface area contributed by atoms with Crippen LogP contribution in [0.1, 0.15) is 12.8 Å². The topological polar surface area (TPSA) is 26.3 Å². The predicted molar refractivity (Wildman–Crippen MR) is 64.9 cm³/mol. The molecule has 1 aliphatic rings. The van der Waals surface area contributed by atoms with E-state index in [9.17, 15) is 4.79 Å². The molecule has 0 aromatic heterocycles. The lowest BCUT2D eigenvalue weighted by Crippen LogP contribution is -2.54. The first kappa shape index (κ1) is 13.0.